The van der Waals surface area contributed by atoms with Crippen LogP contribution in [0.3, 0.4) is 0 Å². The van der Waals surface area contributed by atoms with Gasteiger partial charge in [-0.3, -0.25) is 4.79 Å². The summed E-state index contributed by atoms with van der Waals surface area (Å²) in [5, 5.41) is 0. The lowest BCUT2D eigenvalue weighted by Gasteiger charge is -2.27. The molecule has 94 valence electrons. The number of likely N-dealkylation sites (tertiary alicyclic amines) is 1. The van der Waals surface area contributed by atoms with Crippen LogP contribution in [0.4, 0.5) is 0 Å². The van der Waals surface area contributed by atoms with Gasteiger partial charge >= 0.3 is 0 Å². The van der Waals surface area contributed by atoms with Crippen molar-refractivity contribution in [3.63, 3.8) is 0 Å². The van der Waals surface area contributed by atoms with Crippen LogP contribution in [0.5, 0.6) is 0 Å². The van der Waals surface area contributed by atoms with E-state index in [1.807, 2.05) is 39.0 Å². The Morgan fingerprint density at radius 1 is 1.25 bits per heavy atom. The Labute approximate surface area is 100 Å². The molecule has 0 atom stereocenters. The molecule has 3 heteroatoms. The smallest absolute Gasteiger partial charge is 0.160 e. The largest absolute Gasteiger partial charge is 0.383 e. The third-order valence-corrected chi connectivity index (χ3v) is 2.66. The fraction of sp³-hybridized carbons (Fsp3) is 0.769. The summed E-state index contributed by atoms with van der Waals surface area (Å²) in [6, 6.07) is 0. The predicted octanol–water partition coefficient (Wildman–Crippen LogP) is 2.00. The van der Waals surface area contributed by atoms with Crippen LogP contribution in [0.2, 0.25) is 0 Å². The molecule has 0 spiro atoms. The summed E-state index contributed by atoms with van der Waals surface area (Å²) in [4.78, 5) is 15.9. The average molecular weight is 226 g/mol. The van der Waals surface area contributed by atoms with Gasteiger partial charge in [0, 0.05) is 26.2 Å². The number of nitrogens with zero attached hydrogens (tertiary/aromatic N) is 2. The number of hydrogen-bond donors (Lipinski definition) is 0. The Balaban J connectivity index is 0.00000106. The first-order valence-corrected chi connectivity index (χ1v) is 6.16. The molecular formula is C13H26N2O. The van der Waals surface area contributed by atoms with Crippen molar-refractivity contribution in [3.05, 3.63) is 12.3 Å². The molecule has 0 saturated carbocycles. The van der Waals surface area contributed by atoms with Crippen molar-refractivity contribution >= 4 is 5.78 Å². The summed E-state index contributed by atoms with van der Waals surface area (Å²) >= 11 is 0. The lowest BCUT2D eigenvalue weighted by Crippen LogP contribution is -2.33. The molecule has 16 heavy (non-hydrogen) atoms. The van der Waals surface area contributed by atoms with E-state index in [4.69, 9.17) is 0 Å². The van der Waals surface area contributed by atoms with E-state index in [0.29, 0.717) is 0 Å². The Morgan fingerprint density at radius 3 is 2.19 bits per heavy atom. The predicted molar refractivity (Wildman–Crippen MR) is 69.4 cm³/mol. The molecule has 0 aromatic rings. The van der Waals surface area contributed by atoms with E-state index in [9.17, 15) is 4.79 Å². The molecule has 1 aliphatic rings. The van der Waals surface area contributed by atoms with Crippen LogP contribution < -0.4 is 0 Å². The van der Waals surface area contributed by atoms with Gasteiger partial charge in [-0.05, 0) is 39.1 Å². The van der Waals surface area contributed by atoms with Crippen molar-refractivity contribution in [2.24, 2.45) is 5.92 Å². The summed E-state index contributed by atoms with van der Waals surface area (Å²) in [6.07, 6.45) is 5.55. The van der Waals surface area contributed by atoms with Crippen LogP contribution in [0.15, 0.2) is 12.3 Å². The molecule has 1 aliphatic heterocycles. The van der Waals surface area contributed by atoms with Gasteiger partial charge in [0.15, 0.2) is 5.78 Å². The third kappa shape index (κ3) is 5.91. The van der Waals surface area contributed by atoms with Crippen molar-refractivity contribution in [2.45, 2.75) is 26.7 Å². The van der Waals surface area contributed by atoms with Gasteiger partial charge in [0.25, 0.3) is 0 Å². The fourth-order valence-electron chi connectivity index (χ4n) is 1.65. The van der Waals surface area contributed by atoms with Crippen molar-refractivity contribution in [1.82, 2.24) is 9.80 Å². The molecule has 0 radical (unpaired) electrons. The first-order valence-electron chi connectivity index (χ1n) is 6.16. The number of hydrogen-bond acceptors (Lipinski definition) is 3. The van der Waals surface area contributed by atoms with Gasteiger partial charge in [-0.25, -0.2) is 0 Å². The summed E-state index contributed by atoms with van der Waals surface area (Å²) in [5.74, 6) is 0.536. The third-order valence-electron chi connectivity index (χ3n) is 2.66. The maximum atomic E-state index is 11.7. The maximum Gasteiger partial charge on any atom is 0.160 e. The van der Waals surface area contributed by atoms with Crippen LogP contribution in [-0.4, -0.2) is 49.8 Å². The molecule has 1 heterocycles. The van der Waals surface area contributed by atoms with Crippen LogP contribution in [0.25, 0.3) is 0 Å². The van der Waals surface area contributed by atoms with Gasteiger partial charge in [0.2, 0.25) is 0 Å². The fourth-order valence-corrected chi connectivity index (χ4v) is 1.65. The van der Waals surface area contributed by atoms with Crippen molar-refractivity contribution in [1.29, 1.82) is 0 Å². The second kappa shape index (κ2) is 8.34. The van der Waals surface area contributed by atoms with Gasteiger partial charge in [-0.15, -0.1) is 0 Å². The Morgan fingerprint density at radius 2 is 1.75 bits per heavy atom. The molecule has 0 bridgehead atoms. The van der Waals surface area contributed by atoms with Crippen molar-refractivity contribution in [2.75, 3.05) is 34.2 Å². The highest BCUT2D eigenvalue weighted by Gasteiger charge is 2.21. The summed E-state index contributed by atoms with van der Waals surface area (Å²) in [5.41, 5.74) is 0. The van der Waals surface area contributed by atoms with E-state index in [1.54, 1.807) is 6.08 Å². The van der Waals surface area contributed by atoms with Crippen LogP contribution >= 0.6 is 0 Å². The molecule has 3 nitrogen and oxygen atoms in total. The zero-order valence-electron chi connectivity index (χ0n) is 11.4. The highest BCUT2D eigenvalue weighted by molar-refractivity contribution is 5.91. The average Bonchev–Trinajstić information content (AvgIpc) is 2.29. The molecule has 1 rings (SSSR count). The molecule has 0 unspecified atom stereocenters. The van der Waals surface area contributed by atoms with Gasteiger partial charge in [0.1, 0.15) is 0 Å². The van der Waals surface area contributed by atoms with Gasteiger partial charge < -0.3 is 9.80 Å². The van der Waals surface area contributed by atoms with Crippen LogP contribution in [-0.2, 0) is 4.79 Å². The zero-order chi connectivity index (χ0) is 12.6. The summed E-state index contributed by atoms with van der Waals surface area (Å²) in [6.45, 7) is 6.10. The Hall–Kier alpha value is -0.830. The minimum atomic E-state index is 0.252. The second-order valence-electron chi connectivity index (χ2n) is 4.26. The molecule has 0 amide bonds. The highest BCUT2D eigenvalue weighted by Crippen LogP contribution is 2.17. The topological polar surface area (TPSA) is 23.6 Å². The molecule has 0 aliphatic carbocycles. The van der Waals surface area contributed by atoms with E-state index >= 15 is 0 Å². The Kier molecular flexibility index (Phi) is 7.90. The minimum Gasteiger partial charge on any atom is -0.383 e. The molecule has 0 N–H and O–H groups in total. The van der Waals surface area contributed by atoms with Gasteiger partial charge in [0.05, 0.1) is 0 Å². The number of rotatable bonds is 3. The highest BCUT2D eigenvalue weighted by atomic mass is 16.1. The van der Waals surface area contributed by atoms with Gasteiger partial charge in [-0.1, -0.05) is 13.8 Å². The van der Waals surface area contributed by atoms with Crippen molar-refractivity contribution < 1.29 is 4.79 Å². The molecule has 1 fully saturated rings. The number of carbonyl (C=O) groups excluding carboxylic acids is 1. The second-order valence-corrected chi connectivity index (χ2v) is 4.26. The molecule has 1 saturated heterocycles. The van der Waals surface area contributed by atoms with E-state index in [2.05, 4.69) is 11.9 Å². The van der Waals surface area contributed by atoms with Gasteiger partial charge in [-0.2, -0.15) is 0 Å². The molecule has 0 aromatic carbocycles. The number of allylic oxidation sites excluding steroid dienone is 1. The normalized spacial score (nSPS) is 18.1. The standard InChI is InChI=1S/C11H20N2O.C2H6/c1-12(2)7-6-11(14)10-4-8-13(3)9-5-10;1-2/h6-7,10H,4-5,8-9H2,1-3H3;1-2H3/b7-6+;. The number of ketones is 1. The zero-order valence-corrected chi connectivity index (χ0v) is 11.4. The first-order chi connectivity index (χ1) is 7.59. The Bertz CT molecular complexity index is 216. The summed E-state index contributed by atoms with van der Waals surface area (Å²) < 4.78 is 0. The minimum absolute atomic E-state index is 0.252. The molecular weight excluding hydrogens is 200 g/mol. The SMILES string of the molecule is CC.CN(C)/C=C/C(=O)C1CCN(C)CC1. The van der Waals surface area contributed by atoms with E-state index in [1.165, 1.54) is 0 Å². The lowest BCUT2D eigenvalue weighted by molar-refractivity contribution is -0.119. The van der Waals surface area contributed by atoms with Crippen molar-refractivity contribution in [3.8, 4) is 0 Å². The van der Waals surface area contributed by atoms with E-state index in [-0.39, 0.29) is 11.7 Å². The monoisotopic (exact) mass is 226 g/mol. The maximum absolute atomic E-state index is 11.7. The quantitative estimate of drug-likeness (QED) is 0.688. The first kappa shape index (κ1) is 15.2. The lowest BCUT2D eigenvalue weighted by atomic mass is 9.93. The van der Waals surface area contributed by atoms with E-state index < -0.39 is 0 Å². The molecule has 0 aromatic heterocycles. The van der Waals surface area contributed by atoms with E-state index in [0.717, 1.165) is 25.9 Å². The van der Waals surface area contributed by atoms with Crippen LogP contribution in [0, 0.1) is 5.92 Å². The number of piperidine rings is 1. The van der Waals surface area contributed by atoms with Crippen LogP contribution in [0.1, 0.15) is 26.7 Å². The summed E-state index contributed by atoms with van der Waals surface area (Å²) in [7, 11) is 5.97. The number of carbonyl (C=O) groups is 1.